The number of hydrogen-bond donors (Lipinski definition) is 2. The first-order valence-electron chi connectivity index (χ1n) is 6.29. The van der Waals surface area contributed by atoms with Crippen molar-refractivity contribution < 1.29 is 4.84 Å². The zero-order chi connectivity index (χ0) is 14.5. The van der Waals surface area contributed by atoms with Gasteiger partial charge in [-0.25, -0.2) is 0 Å². The third kappa shape index (κ3) is 3.45. The molecule has 0 saturated heterocycles. The Morgan fingerprint density at radius 2 is 1.35 bits per heavy atom. The highest BCUT2D eigenvalue weighted by Gasteiger charge is 2.04. The minimum Gasteiger partial charge on any atom is -0.380 e. The van der Waals surface area contributed by atoms with Crippen molar-refractivity contribution in [1.82, 2.24) is 0 Å². The van der Waals surface area contributed by atoms with E-state index in [2.05, 4.69) is 5.16 Å². The molecule has 4 heteroatoms. The van der Waals surface area contributed by atoms with Crippen LogP contribution in [0.2, 0.25) is 0 Å². The number of nitrogens with one attached hydrogen (secondary N) is 1. The molecule has 0 aliphatic carbocycles. The summed E-state index contributed by atoms with van der Waals surface area (Å²) in [7, 11) is 0. The van der Waals surface area contributed by atoms with Gasteiger partial charge in [0.05, 0.1) is 0 Å². The molecular weight excluding hydrogens is 250 g/mol. The third-order valence-electron chi connectivity index (χ3n) is 2.90. The molecule has 0 aromatic heterocycles. The topological polar surface area (TPSA) is 71.5 Å². The highest BCUT2D eigenvalue weighted by atomic mass is 16.6. The minimum absolute atomic E-state index is 0.0277. The fourth-order valence-corrected chi connectivity index (χ4v) is 1.63. The van der Waals surface area contributed by atoms with Crippen LogP contribution in [0.3, 0.4) is 0 Å². The van der Waals surface area contributed by atoms with E-state index < -0.39 is 0 Å². The Kier molecular flexibility index (Phi) is 4.15. The largest absolute Gasteiger partial charge is 0.380 e. The number of benzene rings is 2. The lowest BCUT2D eigenvalue weighted by Crippen LogP contribution is -2.15. The standard InChI is InChI=1S/C16H17N3O/c1-11-3-7-13(8-4-11)15(17)19-20-16(18)14-9-5-12(2)6-10-14/h3-10,18H,1-2H3,(H2,17,19). The van der Waals surface area contributed by atoms with Crippen LogP contribution in [0.1, 0.15) is 22.3 Å². The first kappa shape index (κ1) is 13.8. The monoisotopic (exact) mass is 267 g/mol. The quantitative estimate of drug-likeness (QED) is 0.510. The van der Waals surface area contributed by atoms with E-state index in [9.17, 15) is 0 Å². The van der Waals surface area contributed by atoms with Gasteiger partial charge >= 0.3 is 0 Å². The van der Waals surface area contributed by atoms with Crippen LogP contribution in [0, 0.1) is 19.3 Å². The molecule has 0 bridgehead atoms. The van der Waals surface area contributed by atoms with E-state index in [1.54, 1.807) is 0 Å². The Labute approximate surface area is 118 Å². The first-order valence-corrected chi connectivity index (χ1v) is 6.29. The predicted molar refractivity (Wildman–Crippen MR) is 81.0 cm³/mol. The molecule has 0 aliphatic heterocycles. The van der Waals surface area contributed by atoms with Crippen molar-refractivity contribution in [2.24, 2.45) is 10.9 Å². The number of rotatable bonds is 3. The Bertz CT molecular complexity index is 628. The molecule has 0 spiro atoms. The molecule has 0 atom stereocenters. The third-order valence-corrected chi connectivity index (χ3v) is 2.90. The maximum Gasteiger partial charge on any atom is 0.248 e. The van der Waals surface area contributed by atoms with Gasteiger partial charge in [-0.3, -0.25) is 5.41 Å². The molecule has 4 nitrogen and oxygen atoms in total. The van der Waals surface area contributed by atoms with E-state index in [1.165, 1.54) is 0 Å². The second kappa shape index (κ2) is 6.02. The number of nitrogens with two attached hydrogens (primary N) is 1. The van der Waals surface area contributed by atoms with Gasteiger partial charge in [-0.15, -0.1) is 0 Å². The van der Waals surface area contributed by atoms with Gasteiger partial charge in [0.25, 0.3) is 0 Å². The number of nitrogens with zero attached hydrogens (tertiary/aromatic N) is 1. The van der Waals surface area contributed by atoms with Crippen molar-refractivity contribution in [1.29, 1.82) is 5.41 Å². The average Bonchev–Trinajstić information content (AvgIpc) is 2.46. The molecule has 20 heavy (non-hydrogen) atoms. The van der Waals surface area contributed by atoms with Crippen LogP contribution >= 0.6 is 0 Å². The smallest absolute Gasteiger partial charge is 0.248 e. The average molecular weight is 267 g/mol. The minimum atomic E-state index is -0.0277. The van der Waals surface area contributed by atoms with Crippen LogP contribution in [-0.4, -0.2) is 11.7 Å². The number of hydrogen-bond acceptors (Lipinski definition) is 3. The van der Waals surface area contributed by atoms with E-state index in [1.807, 2.05) is 62.4 Å². The molecule has 2 aromatic carbocycles. The number of amidine groups is 1. The highest BCUT2D eigenvalue weighted by molar-refractivity contribution is 5.98. The molecule has 0 fully saturated rings. The molecule has 0 heterocycles. The van der Waals surface area contributed by atoms with E-state index in [-0.39, 0.29) is 11.7 Å². The maximum absolute atomic E-state index is 7.81. The Morgan fingerprint density at radius 3 is 1.85 bits per heavy atom. The van der Waals surface area contributed by atoms with E-state index in [0.29, 0.717) is 5.56 Å². The summed E-state index contributed by atoms with van der Waals surface area (Å²) in [6.07, 6.45) is 0. The zero-order valence-corrected chi connectivity index (χ0v) is 11.6. The van der Waals surface area contributed by atoms with Crippen molar-refractivity contribution >= 4 is 11.7 Å². The number of oxime groups is 1. The first-order chi connectivity index (χ1) is 9.56. The highest BCUT2D eigenvalue weighted by Crippen LogP contribution is 2.06. The Morgan fingerprint density at radius 1 is 0.900 bits per heavy atom. The predicted octanol–water partition coefficient (Wildman–Crippen LogP) is 2.97. The van der Waals surface area contributed by atoms with Gasteiger partial charge in [0.2, 0.25) is 5.90 Å². The lowest BCUT2D eigenvalue weighted by molar-refractivity contribution is 0.326. The van der Waals surface area contributed by atoms with E-state index in [4.69, 9.17) is 16.0 Å². The number of aryl methyl sites for hydroxylation is 2. The summed E-state index contributed by atoms with van der Waals surface area (Å²) >= 11 is 0. The summed E-state index contributed by atoms with van der Waals surface area (Å²) in [5.41, 5.74) is 9.53. The van der Waals surface area contributed by atoms with Crippen LogP contribution < -0.4 is 5.73 Å². The van der Waals surface area contributed by atoms with Crippen LogP contribution in [0.4, 0.5) is 0 Å². The lowest BCUT2D eigenvalue weighted by atomic mass is 10.1. The molecule has 2 aromatic rings. The van der Waals surface area contributed by atoms with E-state index >= 15 is 0 Å². The van der Waals surface area contributed by atoms with E-state index in [0.717, 1.165) is 16.7 Å². The van der Waals surface area contributed by atoms with Crippen molar-refractivity contribution in [3.8, 4) is 0 Å². The van der Waals surface area contributed by atoms with Crippen LogP contribution in [-0.2, 0) is 4.84 Å². The van der Waals surface area contributed by atoms with Crippen molar-refractivity contribution in [3.05, 3.63) is 70.8 Å². The van der Waals surface area contributed by atoms with Crippen molar-refractivity contribution in [3.63, 3.8) is 0 Å². The fraction of sp³-hybridized carbons (Fsp3) is 0.125. The molecule has 102 valence electrons. The molecule has 0 saturated carbocycles. The lowest BCUT2D eigenvalue weighted by Gasteiger charge is -2.04. The van der Waals surface area contributed by atoms with Gasteiger partial charge in [-0.05, 0) is 26.0 Å². The molecule has 0 aliphatic rings. The van der Waals surface area contributed by atoms with Gasteiger partial charge in [0.15, 0.2) is 5.84 Å². The van der Waals surface area contributed by atoms with Crippen molar-refractivity contribution in [2.75, 3.05) is 0 Å². The summed E-state index contributed by atoms with van der Waals surface area (Å²) in [5.74, 6) is 0.224. The fourth-order valence-electron chi connectivity index (χ4n) is 1.63. The van der Waals surface area contributed by atoms with Gasteiger partial charge in [0, 0.05) is 11.1 Å². The Balaban J connectivity index is 2.06. The summed E-state index contributed by atoms with van der Waals surface area (Å²) in [6, 6.07) is 15.1. The normalized spacial score (nSPS) is 11.2. The van der Waals surface area contributed by atoms with Crippen LogP contribution in [0.5, 0.6) is 0 Å². The molecule has 0 amide bonds. The summed E-state index contributed by atoms with van der Waals surface area (Å²) in [6.45, 7) is 3.99. The molecule has 2 rings (SSSR count). The summed E-state index contributed by atoms with van der Waals surface area (Å²) in [4.78, 5) is 5.06. The second-order valence-electron chi connectivity index (χ2n) is 4.63. The Hall–Kier alpha value is -2.62. The van der Waals surface area contributed by atoms with Gasteiger partial charge in [-0.1, -0.05) is 52.7 Å². The van der Waals surface area contributed by atoms with Gasteiger partial charge < -0.3 is 10.6 Å². The second-order valence-corrected chi connectivity index (χ2v) is 4.63. The van der Waals surface area contributed by atoms with Crippen LogP contribution in [0.25, 0.3) is 0 Å². The zero-order valence-electron chi connectivity index (χ0n) is 11.6. The van der Waals surface area contributed by atoms with Gasteiger partial charge in [0.1, 0.15) is 0 Å². The molecule has 3 N–H and O–H groups in total. The molecule has 0 radical (unpaired) electrons. The molecular formula is C16H17N3O. The summed E-state index contributed by atoms with van der Waals surface area (Å²) in [5, 5.41) is 11.6. The van der Waals surface area contributed by atoms with Gasteiger partial charge in [-0.2, -0.15) is 0 Å². The molecule has 0 unspecified atom stereocenters. The maximum atomic E-state index is 7.81. The SMILES string of the molecule is Cc1ccc(C(=N)O/N=C(/N)c2ccc(C)cc2)cc1. The van der Waals surface area contributed by atoms with Crippen LogP contribution in [0.15, 0.2) is 53.7 Å². The van der Waals surface area contributed by atoms with Crippen molar-refractivity contribution in [2.45, 2.75) is 13.8 Å². The summed E-state index contributed by atoms with van der Waals surface area (Å²) < 4.78 is 0.